The maximum Gasteiger partial charge on any atom is 0.267 e. The van der Waals surface area contributed by atoms with Crippen molar-refractivity contribution in [3.05, 3.63) is 28.5 Å². The summed E-state index contributed by atoms with van der Waals surface area (Å²) in [7, 11) is -3.95. The fraction of sp³-hybridized carbons (Fsp3) is 0.375. The Balaban J connectivity index is 2.75. The van der Waals surface area contributed by atoms with Crippen molar-refractivity contribution in [2.45, 2.75) is 18.6 Å². The van der Waals surface area contributed by atoms with Gasteiger partial charge in [0.2, 0.25) is 0 Å². The Kier molecular flexibility index (Phi) is 3.63. The van der Waals surface area contributed by atoms with E-state index in [2.05, 4.69) is 20.9 Å². The predicted octanol–water partition coefficient (Wildman–Crippen LogP) is 1.66. The average Bonchev–Trinajstić information content (AvgIpc) is 2.07. The van der Waals surface area contributed by atoms with Gasteiger partial charge in [-0.25, -0.2) is 4.98 Å². The summed E-state index contributed by atoms with van der Waals surface area (Å²) in [5.41, 5.74) is 0.776. The number of nitrogens with zero attached hydrogens (tertiary/aromatic N) is 1. The average molecular weight is 280 g/mol. The Hall–Kier alpha value is -0.460. The van der Waals surface area contributed by atoms with Crippen molar-refractivity contribution < 1.29 is 13.0 Å². The van der Waals surface area contributed by atoms with Crippen LogP contribution in [-0.2, 0) is 16.5 Å². The molecule has 78 valence electrons. The normalized spacial score (nSPS) is 13.9. The van der Waals surface area contributed by atoms with Crippen molar-refractivity contribution in [2.75, 3.05) is 0 Å². The third-order valence-electron chi connectivity index (χ3n) is 1.82. The lowest BCUT2D eigenvalue weighted by Gasteiger charge is -2.07. The number of pyridine rings is 1. The van der Waals surface area contributed by atoms with Crippen molar-refractivity contribution in [1.29, 1.82) is 0 Å². The molecule has 1 aromatic rings. The molecule has 0 amide bonds. The smallest absolute Gasteiger partial charge is 0.267 e. The maximum absolute atomic E-state index is 10.7. The first-order valence-electron chi connectivity index (χ1n) is 3.96. The van der Waals surface area contributed by atoms with E-state index in [1.807, 2.05) is 0 Å². The lowest BCUT2D eigenvalue weighted by Crippen LogP contribution is -2.19. The molecule has 0 spiro atoms. The van der Waals surface area contributed by atoms with Gasteiger partial charge in [-0.3, -0.25) is 4.55 Å². The van der Waals surface area contributed by atoms with Gasteiger partial charge in [-0.15, -0.1) is 0 Å². The molecular formula is C8H10BrNO3S. The predicted molar refractivity (Wildman–Crippen MR) is 56.7 cm³/mol. The molecule has 1 unspecified atom stereocenters. The van der Waals surface area contributed by atoms with E-state index in [4.69, 9.17) is 4.55 Å². The van der Waals surface area contributed by atoms with Gasteiger partial charge in [0.05, 0.1) is 5.25 Å². The fourth-order valence-corrected chi connectivity index (χ4v) is 1.60. The minimum Gasteiger partial charge on any atom is -0.285 e. The van der Waals surface area contributed by atoms with Crippen LogP contribution < -0.4 is 0 Å². The maximum atomic E-state index is 10.7. The molecule has 0 radical (unpaired) electrons. The molecule has 1 N–H and O–H groups in total. The van der Waals surface area contributed by atoms with Gasteiger partial charge in [0.25, 0.3) is 10.1 Å². The quantitative estimate of drug-likeness (QED) is 0.675. The number of halogens is 1. The topological polar surface area (TPSA) is 67.3 Å². The molecule has 14 heavy (non-hydrogen) atoms. The summed E-state index contributed by atoms with van der Waals surface area (Å²) in [6, 6.07) is 3.49. The van der Waals surface area contributed by atoms with Gasteiger partial charge in [0.15, 0.2) is 0 Å². The Morgan fingerprint density at radius 3 is 2.64 bits per heavy atom. The van der Waals surface area contributed by atoms with Crippen LogP contribution in [-0.4, -0.2) is 23.2 Å². The van der Waals surface area contributed by atoms with Gasteiger partial charge in [-0.05, 0) is 40.9 Å². The monoisotopic (exact) mass is 279 g/mol. The summed E-state index contributed by atoms with van der Waals surface area (Å²) in [5.74, 6) is 0. The van der Waals surface area contributed by atoms with Crippen LogP contribution in [0.5, 0.6) is 0 Å². The van der Waals surface area contributed by atoms with Crippen LogP contribution in [0.2, 0.25) is 0 Å². The van der Waals surface area contributed by atoms with Crippen LogP contribution in [0.4, 0.5) is 0 Å². The molecule has 0 bridgehead atoms. The van der Waals surface area contributed by atoms with E-state index in [9.17, 15) is 8.42 Å². The summed E-state index contributed by atoms with van der Waals surface area (Å²) in [6.07, 6.45) is 1.84. The standard InChI is InChI=1S/C8H10BrNO3S/c1-6(14(11,12)13)4-7-2-3-8(9)10-5-7/h2-3,5-6H,4H2,1H3,(H,11,12,13). The SMILES string of the molecule is CC(Cc1ccc(Br)nc1)S(=O)(=O)O. The zero-order valence-electron chi connectivity index (χ0n) is 7.51. The highest BCUT2D eigenvalue weighted by molar-refractivity contribution is 9.10. The van der Waals surface area contributed by atoms with E-state index in [-0.39, 0.29) is 6.42 Å². The van der Waals surface area contributed by atoms with E-state index in [1.165, 1.54) is 6.92 Å². The molecule has 1 heterocycles. The second-order valence-electron chi connectivity index (χ2n) is 3.02. The van der Waals surface area contributed by atoms with Gasteiger partial charge >= 0.3 is 0 Å². The van der Waals surface area contributed by atoms with E-state index < -0.39 is 15.4 Å². The minimum atomic E-state index is -3.95. The van der Waals surface area contributed by atoms with Crippen molar-refractivity contribution >= 4 is 26.0 Å². The van der Waals surface area contributed by atoms with Crippen molar-refractivity contribution in [2.24, 2.45) is 0 Å². The molecular weight excluding hydrogens is 270 g/mol. The van der Waals surface area contributed by atoms with Gasteiger partial charge in [-0.2, -0.15) is 8.42 Å². The third kappa shape index (κ3) is 3.36. The van der Waals surface area contributed by atoms with Crippen LogP contribution >= 0.6 is 15.9 Å². The second kappa shape index (κ2) is 4.37. The minimum absolute atomic E-state index is 0.263. The highest BCUT2D eigenvalue weighted by atomic mass is 79.9. The van der Waals surface area contributed by atoms with E-state index in [0.717, 1.165) is 5.56 Å². The van der Waals surface area contributed by atoms with E-state index >= 15 is 0 Å². The Morgan fingerprint density at radius 2 is 2.21 bits per heavy atom. The van der Waals surface area contributed by atoms with Crippen LogP contribution in [0.15, 0.2) is 22.9 Å². The van der Waals surface area contributed by atoms with Crippen LogP contribution in [0, 0.1) is 0 Å². The first-order chi connectivity index (χ1) is 6.39. The highest BCUT2D eigenvalue weighted by Crippen LogP contribution is 2.11. The molecule has 0 saturated carbocycles. The Labute approximate surface area is 91.2 Å². The molecule has 0 saturated heterocycles. The number of hydrogen-bond acceptors (Lipinski definition) is 3. The largest absolute Gasteiger partial charge is 0.285 e. The molecule has 0 aromatic carbocycles. The number of rotatable bonds is 3. The number of hydrogen-bond donors (Lipinski definition) is 1. The molecule has 0 fully saturated rings. The third-order valence-corrected chi connectivity index (χ3v) is 3.47. The van der Waals surface area contributed by atoms with Crippen LogP contribution in [0.1, 0.15) is 12.5 Å². The molecule has 0 aliphatic rings. The van der Waals surface area contributed by atoms with Gasteiger partial charge in [-0.1, -0.05) is 6.07 Å². The summed E-state index contributed by atoms with van der Waals surface area (Å²) in [6.45, 7) is 1.46. The van der Waals surface area contributed by atoms with E-state index in [0.29, 0.717) is 4.60 Å². The molecule has 1 aromatic heterocycles. The summed E-state index contributed by atoms with van der Waals surface area (Å²) < 4.78 is 30.9. The molecule has 1 rings (SSSR count). The van der Waals surface area contributed by atoms with Gasteiger partial charge in [0, 0.05) is 6.20 Å². The van der Waals surface area contributed by atoms with Crippen LogP contribution in [0.25, 0.3) is 0 Å². The van der Waals surface area contributed by atoms with Crippen molar-refractivity contribution in [1.82, 2.24) is 4.98 Å². The van der Waals surface area contributed by atoms with Crippen molar-refractivity contribution in [3.8, 4) is 0 Å². The first kappa shape index (κ1) is 11.6. The molecule has 0 aliphatic heterocycles. The van der Waals surface area contributed by atoms with Gasteiger partial charge in [0.1, 0.15) is 4.60 Å². The lowest BCUT2D eigenvalue weighted by molar-refractivity contribution is 0.469. The second-order valence-corrected chi connectivity index (χ2v) is 5.67. The van der Waals surface area contributed by atoms with E-state index in [1.54, 1.807) is 18.3 Å². The van der Waals surface area contributed by atoms with Crippen molar-refractivity contribution in [3.63, 3.8) is 0 Å². The zero-order chi connectivity index (χ0) is 10.8. The number of aromatic nitrogens is 1. The molecule has 0 aliphatic carbocycles. The highest BCUT2D eigenvalue weighted by Gasteiger charge is 2.17. The molecule has 4 nitrogen and oxygen atoms in total. The summed E-state index contributed by atoms with van der Waals surface area (Å²) in [5, 5.41) is -0.800. The molecule has 1 atom stereocenters. The summed E-state index contributed by atoms with van der Waals surface area (Å²) >= 11 is 3.17. The molecule has 6 heteroatoms. The Morgan fingerprint density at radius 1 is 1.57 bits per heavy atom. The lowest BCUT2D eigenvalue weighted by atomic mass is 10.2. The zero-order valence-corrected chi connectivity index (χ0v) is 9.92. The fourth-order valence-electron chi connectivity index (χ4n) is 0.964. The van der Waals surface area contributed by atoms with Gasteiger partial charge < -0.3 is 0 Å². The van der Waals surface area contributed by atoms with Crippen LogP contribution in [0.3, 0.4) is 0 Å². The summed E-state index contributed by atoms with van der Waals surface area (Å²) in [4.78, 5) is 3.95. The first-order valence-corrected chi connectivity index (χ1v) is 6.26. The Bertz CT molecular complexity index is 401.